The normalized spacial score (nSPS) is 10.8. The van der Waals surface area contributed by atoms with Crippen LogP contribution in [0.25, 0.3) is 22.9 Å². The molecule has 3 heterocycles. The molecule has 0 unspecified atom stereocenters. The van der Waals surface area contributed by atoms with Crippen LogP contribution >= 0.6 is 0 Å². The van der Waals surface area contributed by atoms with Crippen LogP contribution in [0.1, 0.15) is 22.6 Å². The second-order valence-electron chi connectivity index (χ2n) is 8.47. The van der Waals surface area contributed by atoms with Gasteiger partial charge in [-0.05, 0) is 48.9 Å². The lowest BCUT2D eigenvalue weighted by atomic mass is 10.1. The van der Waals surface area contributed by atoms with E-state index in [-0.39, 0.29) is 30.2 Å². The maximum Gasteiger partial charge on any atom is 0.335 e. The summed E-state index contributed by atoms with van der Waals surface area (Å²) in [5, 5.41) is 13.9. The van der Waals surface area contributed by atoms with Crippen molar-refractivity contribution in [3.8, 4) is 34.7 Å². The molecule has 10 nitrogen and oxygen atoms in total. The third-order valence-electron chi connectivity index (χ3n) is 5.88. The first-order valence-electron chi connectivity index (χ1n) is 11.9. The van der Waals surface area contributed by atoms with Crippen molar-refractivity contribution < 1.29 is 32.9 Å². The van der Waals surface area contributed by atoms with Crippen LogP contribution in [-0.2, 0) is 18.0 Å². The minimum atomic E-state index is -1.16. The van der Waals surface area contributed by atoms with Crippen LogP contribution in [0, 0.1) is 6.92 Å². The maximum absolute atomic E-state index is 11.6. The molecule has 0 aliphatic heterocycles. The maximum atomic E-state index is 11.6. The van der Waals surface area contributed by atoms with E-state index in [0.29, 0.717) is 34.6 Å². The Morgan fingerprint density at radius 1 is 1.05 bits per heavy atom. The molecule has 0 spiro atoms. The van der Waals surface area contributed by atoms with Gasteiger partial charge in [-0.15, -0.1) is 5.10 Å². The van der Waals surface area contributed by atoms with Gasteiger partial charge in [0, 0.05) is 6.20 Å². The molecule has 0 saturated heterocycles. The van der Waals surface area contributed by atoms with Gasteiger partial charge in [0.25, 0.3) is 5.89 Å². The highest BCUT2D eigenvalue weighted by Gasteiger charge is 2.20. The number of aryl methyl sites for hydroxylation is 1. The van der Waals surface area contributed by atoms with Crippen molar-refractivity contribution in [1.82, 2.24) is 14.8 Å². The molecule has 10 heteroatoms. The zero-order chi connectivity index (χ0) is 27.4. The highest BCUT2D eigenvalue weighted by atomic mass is 16.5. The molecule has 3 aromatic heterocycles. The average Bonchev–Trinajstić information content (AvgIpc) is 3.71. The standard InChI is InChI=1S/C29H25N3O7/c1-18(29(33)34)22-15-32(21-8-5-4-6-9-21)31-27(22)38-16-20-11-12-24(26(14-20)35-3)37-17-23-19(2)39-28(30-23)25-10-7-13-36-25/h4-15H,1,16-17H2,2-3H3,(H,33,34). The summed E-state index contributed by atoms with van der Waals surface area (Å²) in [5.41, 5.74) is 2.32. The van der Waals surface area contributed by atoms with Gasteiger partial charge in [-0.3, -0.25) is 0 Å². The predicted octanol–water partition coefficient (Wildman–Crippen LogP) is 5.69. The number of methoxy groups -OCH3 is 1. The third-order valence-corrected chi connectivity index (χ3v) is 5.88. The van der Waals surface area contributed by atoms with Gasteiger partial charge in [-0.1, -0.05) is 30.8 Å². The highest BCUT2D eigenvalue weighted by Crippen LogP contribution is 2.31. The number of aliphatic carboxylic acids is 1. The molecule has 0 aliphatic carbocycles. The summed E-state index contributed by atoms with van der Waals surface area (Å²) >= 11 is 0. The van der Waals surface area contributed by atoms with Crippen molar-refractivity contribution in [2.75, 3.05) is 7.11 Å². The second-order valence-corrected chi connectivity index (χ2v) is 8.47. The van der Waals surface area contributed by atoms with Crippen LogP contribution in [0.2, 0.25) is 0 Å². The van der Waals surface area contributed by atoms with Crippen molar-refractivity contribution in [2.24, 2.45) is 0 Å². The molecular weight excluding hydrogens is 502 g/mol. The van der Waals surface area contributed by atoms with E-state index in [1.807, 2.05) is 43.3 Å². The quantitative estimate of drug-likeness (QED) is 0.216. The van der Waals surface area contributed by atoms with E-state index in [1.54, 1.807) is 48.5 Å². The second kappa shape index (κ2) is 11.0. The molecule has 1 N–H and O–H groups in total. The minimum Gasteiger partial charge on any atom is -0.493 e. The number of carbonyl (C=O) groups is 1. The summed E-state index contributed by atoms with van der Waals surface area (Å²) in [6.45, 7) is 5.75. The van der Waals surface area contributed by atoms with Crippen molar-refractivity contribution in [1.29, 1.82) is 0 Å². The number of ether oxygens (including phenoxy) is 3. The fourth-order valence-corrected chi connectivity index (χ4v) is 3.79. The van der Waals surface area contributed by atoms with E-state index in [9.17, 15) is 9.90 Å². The van der Waals surface area contributed by atoms with Gasteiger partial charge < -0.3 is 28.2 Å². The van der Waals surface area contributed by atoms with Crippen LogP contribution in [0.4, 0.5) is 0 Å². The van der Waals surface area contributed by atoms with E-state index in [0.717, 1.165) is 11.3 Å². The summed E-state index contributed by atoms with van der Waals surface area (Å²) in [6, 6.07) is 18.2. The summed E-state index contributed by atoms with van der Waals surface area (Å²) in [6.07, 6.45) is 3.14. The fraction of sp³-hybridized carbons (Fsp3) is 0.138. The SMILES string of the molecule is C=C(C(=O)O)c1cn(-c2ccccc2)nc1OCc1ccc(OCc2nc(-c3ccco3)oc2C)c(OC)c1. The summed E-state index contributed by atoms with van der Waals surface area (Å²) in [5.74, 6) is 1.54. The number of rotatable bonds is 11. The van der Waals surface area contributed by atoms with Crippen molar-refractivity contribution in [3.05, 3.63) is 102 Å². The number of furan rings is 1. The van der Waals surface area contributed by atoms with Crippen molar-refractivity contribution >= 4 is 11.5 Å². The molecule has 2 aromatic carbocycles. The first-order chi connectivity index (χ1) is 18.9. The van der Waals surface area contributed by atoms with Gasteiger partial charge in [-0.25, -0.2) is 14.5 Å². The van der Waals surface area contributed by atoms with Crippen LogP contribution in [0.5, 0.6) is 17.4 Å². The van der Waals surface area contributed by atoms with Gasteiger partial charge >= 0.3 is 5.97 Å². The first kappa shape index (κ1) is 25.4. The predicted molar refractivity (Wildman–Crippen MR) is 141 cm³/mol. The molecule has 0 fully saturated rings. The van der Waals surface area contributed by atoms with Crippen molar-refractivity contribution in [3.63, 3.8) is 0 Å². The minimum absolute atomic E-state index is 0.108. The molecule has 0 saturated carbocycles. The lowest BCUT2D eigenvalue weighted by Crippen LogP contribution is -2.03. The number of benzene rings is 2. The zero-order valence-corrected chi connectivity index (χ0v) is 21.3. The van der Waals surface area contributed by atoms with E-state index in [4.69, 9.17) is 23.0 Å². The van der Waals surface area contributed by atoms with Gasteiger partial charge in [0.2, 0.25) is 5.88 Å². The van der Waals surface area contributed by atoms with E-state index in [2.05, 4.69) is 16.7 Å². The number of nitrogens with zero attached hydrogens (tertiary/aromatic N) is 3. The Bertz CT molecular complexity index is 1600. The number of para-hydroxylation sites is 1. The number of hydrogen-bond acceptors (Lipinski definition) is 8. The Labute approximate surface area is 223 Å². The number of carboxylic acids is 1. The summed E-state index contributed by atoms with van der Waals surface area (Å²) in [4.78, 5) is 16.1. The van der Waals surface area contributed by atoms with Crippen LogP contribution in [0.3, 0.4) is 0 Å². The summed E-state index contributed by atoms with van der Waals surface area (Å²) in [7, 11) is 1.54. The monoisotopic (exact) mass is 527 g/mol. The third kappa shape index (κ3) is 5.54. The Balaban J connectivity index is 1.30. The average molecular weight is 528 g/mol. The Morgan fingerprint density at radius 2 is 1.87 bits per heavy atom. The molecule has 0 radical (unpaired) electrons. The van der Waals surface area contributed by atoms with Gasteiger partial charge in [0.1, 0.15) is 24.7 Å². The van der Waals surface area contributed by atoms with Crippen LogP contribution < -0.4 is 14.2 Å². The molecule has 198 valence electrons. The van der Waals surface area contributed by atoms with Crippen LogP contribution in [-0.4, -0.2) is 33.0 Å². The first-order valence-corrected chi connectivity index (χ1v) is 11.9. The number of carboxylic acid groups (broad SMARTS) is 1. The van der Waals surface area contributed by atoms with Gasteiger partial charge in [0.15, 0.2) is 17.3 Å². The molecule has 39 heavy (non-hydrogen) atoms. The Hall–Kier alpha value is -5.25. The van der Waals surface area contributed by atoms with Crippen molar-refractivity contribution in [2.45, 2.75) is 20.1 Å². The largest absolute Gasteiger partial charge is 0.493 e. The highest BCUT2D eigenvalue weighted by molar-refractivity contribution is 6.15. The molecule has 5 rings (SSSR count). The molecule has 5 aromatic rings. The molecule has 0 bridgehead atoms. The lowest BCUT2D eigenvalue weighted by molar-refractivity contribution is -0.130. The molecular formula is C29H25N3O7. The van der Waals surface area contributed by atoms with E-state index in [1.165, 1.54) is 0 Å². The summed E-state index contributed by atoms with van der Waals surface area (Å²) < 4.78 is 30.0. The lowest BCUT2D eigenvalue weighted by Gasteiger charge is -2.12. The van der Waals surface area contributed by atoms with E-state index >= 15 is 0 Å². The van der Waals surface area contributed by atoms with Crippen LogP contribution in [0.15, 0.2) is 88.5 Å². The number of oxazole rings is 1. The Kier molecular flexibility index (Phi) is 7.17. The molecule has 0 aliphatic rings. The molecule has 0 atom stereocenters. The number of aromatic nitrogens is 3. The topological polar surface area (TPSA) is 122 Å². The smallest absolute Gasteiger partial charge is 0.335 e. The van der Waals surface area contributed by atoms with E-state index < -0.39 is 5.97 Å². The molecule has 0 amide bonds. The zero-order valence-electron chi connectivity index (χ0n) is 21.3. The van der Waals surface area contributed by atoms with Gasteiger partial charge in [0.05, 0.1) is 30.2 Å². The number of hydrogen-bond donors (Lipinski definition) is 1. The fourth-order valence-electron chi connectivity index (χ4n) is 3.79. The Morgan fingerprint density at radius 3 is 2.59 bits per heavy atom. The van der Waals surface area contributed by atoms with Gasteiger partial charge in [-0.2, -0.15) is 0 Å².